The summed E-state index contributed by atoms with van der Waals surface area (Å²) in [6.45, 7) is 5.23. The van der Waals surface area contributed by atoms with Crippen LogP contribution in [0.2, 0.25) is 0 Å². The first-order chi connectivity index (χ1) is 8.31. The van der Waals surface area contributed by atoms with Crippen molar-refractivity contribution in [2.45, 2.75) is 37.0 Å². The van der Waals surface area contributed by atoms with Gasteiger partial charge in [-0.2, -0.15) is 0 Å². The van der Waals surface area contributed by atoms with E-state index in [1.807, 2.05) is 13.8 Å². The molecule has 0 aliphatic rings. The van der Waals surface area contributed by atoms with Crippen molar-refractivity contribution in [3.63, 3.8) is 0 Å². The Hall–Kier alpha value is -1.30. The van der Waals surface area contributed by atoms with Gasteiger partial charge in [0.05, 0.1) is 10.1 Å². The third-order valence-electron chi connectivity index (χ3n) is 2.12. The summed E-state index contributed by atoms with van der Waals surface area (Å²) < 4.78 is 27.1. The van der Waals surface area contributed by atoms with Gasteiger partial charge in [-0.25, -0.2) is 8.78 Å². The predicted molar refractivity (Wildman–Crippen MR) is 69.4 cm³/mol. The van der Waals surface area contributed by atoms with Crippen LogP contribution in [0.3, 0.4) is 0 Å². The topological polar surface area (TPSA) is 55.1 Å². The van der Waals surface area contributed by atoms with E-state index in [-0.39, 0.29) is 22.5 Å². The molecule has 0 heterocycles. The maximum atomic E-state index is 13.5. The van der Waals surface area contributed by atoms with Crippen molar-refractivity contribution in [2.75, 3.05) is 5.73 Å². The molecule has 1 rings (SSSR count). The van der Waals surface area contributed by atoms with Gasteiger partial charge in [-0.15, -0.1) is 11.8 Å². The van der Waals surface area contributed by atoms with Crippen LogP contribution in [0.1, 0.15) is 20.8 Å². The number of rotatable bonds is 4. The second kappa shape index (κ2) is 6.04. The van der Waals surface area contributed by atoms with Gasteiger partial charge in [-0.3, -0.25) is 4.79 Å². The van der Waals surface area contributed by atoms with Crippen LogP contribution in [0.5, 0.6) is 0 Å². The van der Waals surface area contributed by atoms with Crippen molar-refractivity contribution in [3.8, 4) is 0 Å². The Morgan fingerprint density at radius 1 is 1.28 bits per heavy atom. The fraction of sp³-hybridized carbons (Fsp3) is 0.417. The highest BCUT2D eigenvalue weighted by Crippen LogP contribution is 2.30. The van der Waals surface area contributed by atoms with Crippen LogP contribution in [-0.4, -0.2) is 17.2 Å². The molecule has 18 heavy (non-hydrogen) atoms. The number of carbonyl (C=O) groups is 1. The van der Waals surface area contributed by atoms with E-state index >= 15 is 0 Å². The molecule has 1 aromatic carbocycles. The lowest BCUT2D eigenvalue weighted by atomic mass is 10.3. The number of anilines is 1. The normalized spacial score (nSPS) is 12.6. The molecular formula is C12H16F2N2OS. The lowest BCUT2D eigenvalue weighted by Crippen LogP contribution is -2.35. The van der Waals surface area contributed by atoms with Gasteiger partial charge in [0, 0.05) is 11.7 Å². The van der Waals surface area contributed by atoms with Gasteiger partial charge in [0.15, 0.2) is 0 Å². The third-order valence-corrected chi connectivity index (χ3v) is 3.31. The lowest BCUT2D eigenvalue weighted by molar-refractivity contribution is -0.120. The molecule has 1 amide bonds. The molecule has 100 valence electrons. The zero-order chi connectivity index (χ0) is 13.9. The zero-order valence-electron chi connectivity index (χ0n) is 10.5. The molecule has 3 nitrogen and oxygen atoms in total. The Kier molecular flexibility index (Phi) is 4.95. The highest BCUT2D eigenvalue weighted by Gasteiger charge is 2.20. The molecule has 1 unspecified atom stereocenters. The SMILES string of the molecule is CC(C)NC(=O)C(C)Sc1c(F)cc(N)cc1F. The van der Waals surface area contributed by atoms with Crippen LogP contribution >= 0.6 is 11.8 Å². The van der Waals surface area contributed by atoms with Crippen LogP contribution in [0.15, 0.2) is 17.0 Å². The van der Waals surface area contributed by atoms with E-state index in [1.54, 1.807) is 6.92 Å². The van der Waals surface area contributed by atoms with Crippen molar-refractivity contribution in [2.24, 2.45) is 0 Å². The Labute approximate surface area is 109 Å². The molecular weight excluding hydrogens is 258 g/mol. The number of thioether (sulfide) groups is 1. The number of amides is 1. The van der Waals surface area contributed by atoms with Gasteiger partial charge < -0.3 is 11.1 Å². The van der Waals surface area contributed by atoms with Crippen LogP contribution in [0.4, 0.5) is 14.5 Å². The van der Waals surface area contributed by atoms with E-state index in [0.29, 0.717) is 0 Å². The van der Waals surface area contributed by atoms with E-state index < -0.39 is 16.9 Å². The molecule has 0 fully saturated rings. The van der Waals surface area contributed by atoms with Gasteiger partial charge >= 0.3 is 0 Å². The summed E-state index contributed by atoms with van der Waals surface area (Å²) in [6.07, 6.45) is 0. The standard InChI is InChI=1S/C12H16F2N2OS/c1-6(2)16-12(17)7(3)18-11-9(13)4-8(15)5-10(11)14/h4-7H,15H2,1-3H3,(H,16,17). The summed E-state index contributed by atoms with van der Waals surface area (Å²) in [5.74, 6) is -1.76. The number of halogens is 2. The fourth-order valence-corrected chi connectivity index (χ4v) is 2.20. The Morgan fingerprint density at radius 2 is 1.78 bits per heavy atom. The molecule has 1 aromatic rings. The fourth-order valence-electron chi connectivity index (χ4n) is 1.32. The quantitative estimate of drug-likeness (QED) is 0.655. The summed E-state index contributed by atoms with van der Waals surface area (Å²) in [7, 11) is 0. The van der Waals surface area contributed by atoms with Crippen molar-refractivity contribution in [1.82, 2.24) is 5.32 Å². The summed E-state index contributed by atoms with van der Waals surface area (Å²) in [4.78, 5) is 11.5. The molecule has 0 spiro atoms. The van der Waals surface area contributed by atoms with E-state index in [1.165, 1.54) is 0 Å². The first kappa shape index (κ1) is 14.8. The number of nitrogen functional groups attached to an aromatic ring is 1. The van der Waals surface area contributed by atoms with Crippen molar-refractivity contribution < 1.29 is 13.6 Å². The van der Waals surface area contributed by atoms with E-state index in [0.717, 1.165) is 23.9 Å². The minimum absolute atomic E-state index is 0.0124. The summed E-state index contributed by atoms with van der Waals surface area (Å²) in [5.41, 5.74) is 5.34. The van der Waals surface area contributed by atoms with Crippen LogP contribution < -0.4 is 11.1 Å². The second-order valence-electron chi connectivity index (χ2n) is 4.24. The molecule has 0 aliphatic carbocycles. The highest BCUT2D eigenvalue weighted by molar-refractivity contribution is 8.00. The maximum absolute atomic E-state index is 13.5. The van der Waals surface area contributed by atoms with Crippen LogP contribution in [0, 0.1) is 11.6 Å². The van der Waals surface area contributed by atoms with Gasteiger partial charge in [0.1, 0.15) is 11.6 Å². The molecule has 0 bridgehead atoms. The predicted octanol–water partition coefficient (Wildman–Crippen LogP) is 2.55. The van der Waals surface area contributed by atoms with Gasteiger partial charge in [-0.05, 0) is 32.9 Å². The maximum Gasteiger partial charge on any atom is 0.233 e. The molecule has 0 aromatic heterocycles. The van der Waals surface area contributed by atoms with Crippen LogP contribution in [0.25, 0.3) is 0 Å². The van der Waals surface area contributed by atoms with E-state index in [9.17, 15) is 13.6 Å². The minimum Gasteiger partial charge on any atom is -0.399 e. The number of benzene rings is 1. The number of carbonyl (C=O) groups excluding carboxylic acids is 1. The second-order valence-corrected chi connectivity index (χ2v) is 5.59. The molecule has 3 N–H and O–H groups in total. The van der Waals surface area contributed by atoms with Gasteiger partial charge in [0.2, 0.25) is 5.91 Å². The molecule has 0 aliphatic heterocycles. The van der Waals surface area contributed by atoms with Crippen molar-refractivity contribution in [1.29, 1.82) is 0 Å². The van der Waals surface area contributed by atoms with Gasteiger partial charge in [0.25, 0.3) is 0 Å². The Bertz CT molecular complexity index is 429. The van der Waals surface area contributed by atoms with E-state index in [2.05, 4.69) is 5.32 Å². The highest BCUT2D eigenvalue weighted by atomic mass is 32.2. The molecule has 0 saturated carbocycles. The van der Waals surface area contributed by atoms with Crippen LogP contribution in [-0.2, 0) is 4.79 Å². The average molecular weight is 274 g/mol. The summed E-state index contributed by atoms with van der Waals surface area (Å²) >= 11 is 0.838. The Balaban J connectivity index is 2.82. The number of nitrogens with one attached hydrogen (secondary N) is 1. The summed E-state index contributed by atoms with van der Waals surface area (Å²) in [6, 6.07) is 2.07. The zero-order valence-corrected chi connectivity index (χ0v) is 11.3. The number of hydrogen-bond acceptors (Lipinski definition) is 3. The first-order valence-corrected chi connectivity index (χ1v) is 6.40. The van der Waals surface area contributed by atoms with Crippen molar-refractivity contribution >= 4 is 23.4 Å². The smallest absolute Gasteiger partial charge is 0.233 e. The number of nitrogens with two attached hydrogens (primary N) is 1. The molecule has 0 radical (unpaired) electrons. The monoisotopic (exact) mass is 274 g/mol. The average Bonchev–Trinajstić information content (AvgIpc) is 2.21. The largest absolute Gasteiger partial charge is 0.399 e. The molecule has 1 atom stereocenters. The molecule has 6 heteroatoms. The minimum atomic E-state index is -0.748. The van der Waals surface area contributed by atoms with Gasteiger partial charge in [-0.1, -0.05) is 0 Å². The first-order valence-electron chi connectivity index (χ1n) is 5.52. The number of hydrogen-bond donors (Lipinski definition) is 2. The lowest BCUT2D eigenvalue weighted by Gasteiger charge is -2.15. The third kappa shape index (κ3) is 3.87. The van der Waals surface area contributed by atoms with Crippen molar-refractivity contribution in [3.05, 3.63) is 23.8 Å². The van der Waals surface area contributed by atoms with E-state index in [4.69, 9.17) is 5.73 Å². The Morgan fingerprint density at radius 3 is 2.22 bits per heavy atom. The molecule has 0 saturated heterocycles. The summed E-state index contributed by atoms with van der Waals surface area (Å²) in [5, 5.41) is 2.10.